The van der Waals surface area contributed by atoms with Crippen LogP contribution in [0.2, 0.25) is 0 Å². The van der Waals surface area contributed by atoms with E-state index >= 15 is 0 Å². The van der Waals surface area contributed by atoms with E-state index < -0.39 is 15.8 Å². The third kappa shape index (κ3) is 5.73. The number of halogens is 1. The number of hydrogen-bond acceptors (Lipinski definition) is 8. The van der Waals surface area contributed by atoms with Crippen molar-refractivity contribution in [2.75, 3.05) is 22.4 Å². The number of sulfonamides is 1. The summed E-state index contributed by atoms with van der Waals surface area (Å²) in [7, 11) is -2.27. The second kappa shape index (κ2) is 10.1. The van der Waals surface area contributed by atoms with Crippen molar-refractivity contribution in [2.24, 2.45) is 0 Å². The Balaban J connectivity index is 1.47. The highest BCUT2D eigenvalue weighted by atomic mass is 32.2. The van der Waals surface area contributed by atoms with E-state index in [1.807, 2.05) is 12.3 Å². The molecule has 0 unspecified atom stereocenters. The highest BCUT2D eigenvalue weighted by Crippen LogP contribution is 2.27. The first-order valence-electron chi connectivity index (χ1n) is 10.3. The fourth-order valence-corrected chi connectivity index (χ4v) is 4.89. The maximum atomic E-state index is 13.1. The van der Waals surface area contributed by atoms with Gasteiger partial charge in [0.25, 0.3) is 15.9 Å². The summed E-state index contributed by atoms with van der Waals surface area (Å²) >= 11 is 1.32. The Bertz CT molecular complexity index is 1460. The van der Waals surface area contributed by atoms with Gasteiger partial charge < -0.3 is 16.0 Å². The monoisotopic (exact) mass is 512 g/mol. The molecule has 0 fully saturated rings. The predicted octanol–water partition coefficient (Wildman–Crippen LogP) is 4.63. The van der Waals surface area contributed by atoms with Crippen LogP contribution in [0.15, 0.2) is 71.1 Å². The number of aryl methyl sites for hydroxylation is 1. The maximum absolute atomic E-state index is 13.1. The lowest BCUT2D eigenvalue weighted by Gasteiger charge is -2.12. The van der Waals surface area contributed by atoms with Gasteiger partial charge in [-0.05, 0) is 66.9 Å². The average Bonchev–Trinajstić information content (AvgIpc) is 3.30. The van der Waals surface area contributed by atoms with Crippen molar-refractivity contribution in [1.29, 1.82) is 0 Å². The number of carbonyl (C=O) groups excluding carboxylic acids is 1. The van der Waals surface area contributed by atoms with Gasteiger partial charge in [-0.25, -0.2) is 17.8 Å². The number of aromatic nitrogens is 2. The van der Waals surface area contributed by atoms with Crippen LogP contribution in [0.3, 0.4) is 0 Å². The zero-order chi connectivity index (χ0) is 25.0. The maximum Gasteiger partial charge on any atom is 0.263 e. The summed E-state index contributed by atoms with van der Waals surface area (Å²) in [6.07, 6.45) is 1.65. The highest BCUT2D eigenvalue weighted by Gasteiger charge is 2.15. The number of nitrogens with one attached hydrogen (secondary N) is 4. The van der Waals surface area contributed by atoms with E-state index in [4.69, 9.17) is 0 Å². The third-order valence-electron chi connectivity index (χ3n) is 4.84. The van der Waals surface area contributed by atoms with Gasteiger partial charge in [0.05, 0.1) is 10.6 Å². The van der Waals surface area contributed by atoms with E-state index in [1.54, 1.807) is 43.6 Å². The highest BCUT2D eigenvalue weighted by molar-refractivity contribution is 7.92. The van der Waals surface area contributed by atoms with Crippen molar-refractivity contribution < 1.29 is 17.6 Å². The van der Waals surface area contributed by atoms with Crippen molar-refractivity contribution in [3.8, 4) is 0 Å². The standard InChI is InChI=1S/C23H21FN6O3S2/c1-14-13-26-23(29-21(14)28-19-11-12-34-20(19)22(31)25-2)27-16-5-7-17(8-6-16)30-35(32,33)18-9-3-15(24)4-10-18/h3-13,30H,1-2H3,(H,25,31)(H2,26,27,28,29). The number of benzene rings is 2. The molecule has 35 heavy (non-hydrogen) atoms. The minimum atomic E-state index is -3.85. The molecule has 0 radical (unpaired) electrons. The van der Waals surface area contributed by atoms with Crippen LogP contribution in [0, 0.1) is 12.7 Å². The quantitative estimate of drug-likeness (QED) is 0.271. The van der Waals surface area contributed by atoms with Gasteiger partial charge in [-0.15, -0.1) is 11.3 Å². The lowest BCUT2D eigenvalue weighted by atomic mass is 10.3. The average molecular weight is 513 g/mol. The minimum absolute atomic E-state index is 0.0422. The van der Waals surface area contributed by atoms with Crippen LogP contribution in [0.5, 0.6) is 0 Å². The minimum Gasteiger partial charge on any atom is -0.354 e. The zero-order valence-electron chi connectivity index (χ0n) is 18.7. The number of rotatable bonds is 8. The molecule has 12 heteroatoms. The molecule has 0 atom stereocenters. The summed E-state index contributed by atoms with van der Waals surface area (Å²) in [5, 5.41) is 10.7. The van der Waals surface area contributed by atoms with Gasteiger partial charge in [0.2, 0.25) is 5.95 Å². The van der Waals surface area contributed by atoms with E-state index in [1.165, 1.54) is 23.5 Å². The Morgan fingerprint density at radius 2 is 1.66 bits per heavy atom. The molecule has 0 aliphatic carbocycles. The largest absolute Gasteiger partial charge is 0.354 e. The van der Waals surface area contributed by atoms with Gasteiger partial charge >= 0.3 is 0 Å². The summed E-state index contributed by atoms with van der Waals surface area (Å²) in [4.78, 5) is 21.3. The van der Waals surface area contributed by atoms with Crippen LogP contribution in [0.4, 0.5) is 33.2 Å². The molecule has 4 rings (SSSR count). The van der Waals surface area contributed by atoms with E-state index in [9.17, 15) is 17.6 Å². The summed E-state index contributed by atoms with van der Waals surface area (Å²) in [6.45, 7) is 1.85. The fraction of sp³-hybridized carbons (Fsp3) is 0.0870. The first-order valence-corrected chi connectivity index (χ1v) is 12.7. The Hall–Kier alpha value is -4.03. The van der Waals surface area contributed by atoms with Crippen molar-refractivity contribution >= 4 is 56.1 Å². The Morgan fingerprint density at radius 1 is 0.971 bits per heavy atom. The molecule has 0 saturated carbocycles. The predicted molar refractivity (Wildman–Crippen MR) is 135 cm³/mol. The molecule has 180 valence electrons. The molecule has 2 aromatic heterocycles. The molecule has 0 spiro atoms. The third-order valence-corrected chi connectivity index (χ3v) is 7.15. The molecular formula is C23H21FN6O3S2. The van der Waals surface area contributed by atoms with Crippen molar-refractivity contribution in [2.45, 2.75) is 11.8 Å². The second-order valence-corrected chi connectivity index (χ2v) is 9.95. The van der Waals surface area contributed by atoms with Gasteiger partial charge in [0.1, 0.15) is 16.5 Å². The lowest BCUT2D eigenvalue weighted by molar-refractivity contribution is 0.0968. The van der Waals surface area contributed by atoms with Crippen LogP contribution in [-0.4, -0.2) is 31.3 Å². The number of carbonyl (C=O) groups is 1. The van der Waals surface area contributed by atoms with Crippen LogP contribution in [-0.2, 0) is 10.0 Å². The lowest BCUT2D eigenvalue weighted by Crippen LogP contribution is -2.17. The topological polar surface area (TPSA) is 125 Å². The molecule has 0 aliphatic rings. The molecule has 2 aromatic carbocycles. The number of thiophene rings is 1. The van der Waals surface area contributed by atoms with Crippen LogP contribution >= 0.6 is 11.3 Å². The number of nitrogens with zero attached hydrogens (tertiary/aromatic N) is 2. The summed E-state index contributed by atoms with van der Waals surface area (Å²) in [5.74, 6) is 0.144. The molecule has 1 amide bonds. The van der Waals surface area contributed by atoms with Crippen LogP contribution in [0.1, 0.15) is 15.2 Å². The van der Waals surface area contributed by atoms with E-state index in [-0.39, 0.29) is 10.8 Å². The van der Waals surface area contributed by atoms with Gasteiger partial charge in [-0.2, -0.15) is 4.98 Å². The Labute approximate surface area is 205 Å². The SMILES string of the molecule is CNC(=O)c1sccc1Nc1nc(Nc2ccc(NS(=O)(=O)c3ccc(F)cc3)cc2)ncc1C. The van der Waals surface area contributed by atoms with Gasteiger partial charge in [-0.3, -0.25) is 9.52 Å². The number of hydrogen-bond donors (Lipinski definition) is 4. The second-order valence-electron chi connectivity index (χ2n) is 7.35. The fourth-order valence-electron chi connectivity index (χ4n) is 3.03. The van der Waals surface area contributed by atoms with E-state index in [2.05, 4.69) is 30.6 Å². The summed E-state index contributed by atoms with van der Waals surface area (Å²) in [6, 6.07) is 12.9. The van der Waals surface area contributed by atoms with Crippen molar-refractivity contribution in [3.63, 3.8) is 0 Å². The molecule has 9 nitrogen and oxygen atoms in total. The molecule has 2 heterocycles. The molecule has 4 N–H and O–H groups in total. The van der Waals surface area contributed by atoms with Gasteiger partial charge in [-0.1, -0.05) is 0 Å². The smallest absolute Gasteiger partial charge is 0.263 e. The molecule has 0 aliphatic heterocycles. The van der Waals surface area contributed by atoms with Crippen LogP contribution < -0.4 is 20.7 Å². The number of amides is 1. The molecule has 0 saturated heterocycles. The normalized spacial score (nSPS) is 11.1. The van der Waals surface area contributed by atoms with Gasteiger partial charge in [0.15, 0.2) is 0 Å². The molecule has 4 aromatic rings. The molecular weight excluding hydrogens is 491 g/mol. The van der Waals surface area contributed by atoms with Gasteiger partial charge in [0, 0.05) is 30.2 Å². The zero-order valence-corrected chi connectivity index (χ0v) is 20.3. The molecule has 0 bridgehead atoms. The van der Waals surface area contributed by atoms with E-state index in [0.717, 1.165) is 17.7 Å². The van der Waals surface area contributed by atoms with E-state index in [0.29, 0.717) is 33.7 Å². The Kier molecular flexibility index (Phi) is 6.94. The van der Waals surface area contributed by atoms with Crippen molar-refractivity contribution in [3.05, 3.63) is 82.4 Å². The number of anilines is 5. The first kappa shape index (κ1) is 24.1. The summed E-state index contributed by atoms with van der Waals surface area (Å²) < 4.78 is 40.5. The van der Waals surface area contributed by atoms with Crippen molar-refractivity contribution in [1.82, 2.24) is 15.3 Å². The summed E-state index contributed by atoms with van der Waals surface area (Å²) in [5.41, 5.74) is 2.40. The first-order chi connectivity index (χ1) is 16.7. The van der Waals surface area contributed by atoms with Crippen LogP contribution in [0.25, 0.3) is 0 Å². The Morgan fingerprint density at radius 3 is 2.34 bits per heavy atom.